The molecule has 1 aliphatic carbocycles. The second-order valence-corrected chi connectivity index (χ2v) is 18.4. The number of benzene rings is 3. The highest BCUT2D eigenvalue weighted by Gasteiger charge is 2.35. The Bertz CT molecular complexity index is 2480. The van der Waals surface area contributed by atoms with Crippen molar-refractivity contribution in [3.8, 4) is 11.5 Å². The molecule has 14 nitrogen and oxygen atoms in total. The van der Waals surface area contributed by atoms with Crippen LogP contribution in [0.3, 0.4) is 0 Å². The summed E-state index contributed by atoms with van der Waals surface area (Å²) in [7, 11) is -4.54. The molecule has 2 atom stereocenters. The average molecular weight is 834 g/mol. The van der Waals surface area contributed by atoms with Gasteiger partial charge in [-0.05, 0) is 123 Å². The van der Waals surface area contributed by atoms with Crippen LogP contribution in [0.4, 0.5) is 17.1 Å². The first kappa shape index (κ1) is 39.9. The molecular formula is C45H51N7O7S. The van der Waals surface area contributed by atoms with E-state index in [0.29, 0.717) is 49.0 Å². The summed E-state index contributed by atoms with van der Waals surface area (Å²) in [6.45, 7) is 5.53. The van der Waals surface area contributed by atoms with Crippen LogP contribution in [0.1, 0.15) is 84.8 Å². The largest absolute Gasteiger partial charge is 0.455 e. The van der Waals surface area contributed by atoms with E-state index in [2.05, 4.69) is 54.1 Å². The summed E-state index contributed by atoms with van der Waals surface area (Å²) in [6, 6.07) is 21.9. The molecule has 3 saturated heterocycles. The van der Waals surface area contributed by atoms with E-state index in [1.807, 2.05) is 12.1 Å². The number of nitrogens with one attached hydrogen (secondary N) is 3. The minimum absolute atomic E-state index is 0.0106. The molecule has 5 heterocycles. The summed E-state index contributed by atoms with van der Waals surface area (Å²) in [5.41, 5.74) is 4.36. The van der Waals surface area contributed by atoms with Gasteiger partial charge in [-0.1, -0.05) is 24.3 Å². The monoisotopic (exact) mass is 833 g/mol. The number of carbonyl (C=O) groups is 1. The maximum absolute atomic E-state index is 14.0. The number of rotatable bonds is 14. The van der Waals surface area contributed by atoms with Crippen molar-refractivity contribution >= 4 is 44.0 Å². The van der Waals surface area contributed by atoms with E-state index in [1.54, 1.807) is 30.6 Å². The lowest BCUT2D eigenvalue weighted by Crippen LogP contribution is -2.41. The number of aromatic amines is 1. The fraction of sp³-hybridized carbons (Fsp3) is 0.422. The Morgan fingerprint density at radius 1 is 0.933 bits per heavy atom. The van der Waals surface area contributed by atoms with E-state index in [9.17, 15) is 23.3 Å². The number of hydrogen-bond acceptors (Lipinski definition) is 11. The Morgan fingerprint density at radius 2 is 1.75 bits per heavy atom. The lowest BCUT2D eigenvalue weighted by atomic mass is 9.93. The molecule has 0 spiro atoms. The van der Waals surface area contributed by atoms with Gasteiger partial charge in [0.1, 0.15) is 22.8 Å². The molecule has 5 aromatic rings. The van der Waals surface area contributed by atoms with Gasteiger partial charge in [0.25, 0.3) is 21.6 Å². The van der Waals surface area contributed by atoms with Crippen LogP contribution in [0.25, 0.3) is 11.0 Å². The molecule has 60 heavy (non-hydrogen) atoms. The van der Waals surface area contributed by atoms with Gasteiger partial charge in [0.2, 0.25) is 0 Å². The molecule has 1 amide bonds. The molecule has 9 rings (SSSR count). The van der Waals surface area contributed by atoms with Gasteiger partial charge < -0.3 is 24.7 Å². The summed E-state index contributed by atoms with van der Waals surface area (Å²) in [6.07, 6.45) is 12.1. The van der Waals surface area contributed by atoms with Gasteiger partial charge in [-0.15, -0.1) is 0 Å². The molecular weight excluding hydrogens is 783 g/mol. The molecule has 1 saturated carbocycles. The molecule has 3 N–H and O–H groups in total. The minimum atomic E-state index is -4.54. The molecule has 0 radical (unpaired) electrons. The smallest absolute Gasteiger partial charge is 0.293 e. The lowest BCUT2D eigenvalue weighted by Gasteiger charge is -2.38. The number of anilines is 2. The summed E-state index contributed by atoms with van der Waals surface area (Å²) in [5.74, 6) is 1.03. The predicted molar refractivity (Wildman–Crippen MR) is 229 cm³/mol. The maximum Gasteiger partial charge on any atom is 0.293 e. The number of nitro benzene ring substituents is 1. The van der Waals surface area contributed by atoms with Crippen LogP contribution in [0.2, 0.25) is 0 Å². The van der Waals surface area contributed by atoms with Gasteiger partial charge in [0, 0.05) is 74.8 Å². The number of fused-ring (bicyclic) bond motifs is 1. The summed E-state index contributed by atoms with van der Waals surface area (Å²) < 4.78 is 41.3. The highest BCUT2D eigenvalue weighted by molar-refractivity contribution is 7.90. The number of sulfonamides is 1. The van der Waals surface area contributed by atoms with E-state index >= 15 is 0 Å². The van der Waals surface area contributed by atoms with Crippen molar-refractivity contribution < 1.29 is 27.6 Å². The summed E-state index contributed by atoms with van der Waals surface area (Å²) in [4.78, 5) is 37.5. The van der Waals surface area contributed by atoms with Gasteiger partial charge in [-0.25, -0.2) is 18.1 Å². The number of H-pyrrole nitrogens is 1. The number of nitrogens with zero attached hydrogens (tertiary/aromatic N) is 4. The first-order chi connectivity index (χ1) is 29.2. The highest BCUT2D eigenvalue weighted by atomic mass is 32.2. The van der Waals surface area contributed by atoms with Crippen LogP contribution >= 0.6 is 0 Å². The van der Waals surface area contributed by atoms with Crippen molar-refractivity contribution in [3.05, 3.63) is 112 Å². The number of nitro groups is 1. The third-order valence-electron chi connectivity index (χ3n) is 12.6. The summed E-state index contributed by atoms with van der Waals surface area (Å²) >= 11 is 0. The van der Waals surface area contributed by atoms with Gasteiger partial charge in [-0.3, -0.25) is 19.8 Å². The fourth-order valence-electron chi connectivity index (χ4n) is 9.26. The molecule has 4 aliphatic rings. The van der Waals surface area contributed by atoms with E-state index in [1.165, 1.54) is 48.9 Å². The molecule has 314 valence electrons. The normalized spacial score (nSPS) is 20.3. The number of hydrogen-bond donors (Lipinski definition) is 3. The Hall–Kier alpha value is -5.51. The van der Waals surface area contributed by atoms with E-state index in [4.69, 9.17) is 9.47 Å². The first-order valence-electron chi connectivity index (χ1n) is 21.2. The molecule has 2 aromatic heterocycles. The molecule has 3 aliphatic heterocycles. The standard InChI is InChI=1S/C45H51N7O7S/c53-45(49-60(56,57)36-12-14-40(42(25-36)52(54)55)47-26-30-16-21-58-22-17-30)39-13-11-34(24-43(39)59-35-23-33-15-18-46-44(33)48-27-35)50-19-3-5-31(28-50)29-51-20-4-8-41(51)38-7-2-1-6-37(38)32-9-10-32/h1-2,6-7,11-15,18,23-25,27,30-32,41,47H,3-5,8-10,16-17,19-22,26,28-29H2,(H,46,48)(H,49,53)/t31?,41-/m1/s1. The van der Waals surface area contributed by atoms with Crippen molar-refractivity contribution in [2.75, 3.05) is 56.2 Å². The Kier molecular flexibility index (Phi) is 11.5. The van der Waals surface area contributed by atoms with Crippen LogP contribution in [-0.2, 0) is 14.8 Å². The maximum atomic E-state index is 14.0. The zero-order valence-corrected chi connectivity index (χ0v) is 34.4. The third-order valence-corrected chi connectivity index (χ3v) is 13.9. The minimum Gasteiger partial charge on any atom is -0.455 e. The van der Waals surface area contributed by atoms with Crippen molar-refractivity contribution in [2.45, 2.75) is 68.2 Å². The highest BCUT2D eigenvalue weighted by Crippen LogP contribution is 2.46. The number of pyridine rings is 1. The zero-order valence-electron chi connectivity index (χ0n) is 33.6. The van der Waals surface area contributed by atoms with Crippen LogP contribution in [0.5, 0.6) is 11.5 Å². The fourth-order valence-corrected chi connectivity index (χ4v) is 10.2. The van der Waals surface area contributed by atoms with Crippen molar-refractivity contribution in [1.29, 1.82) is 0 Å². The van der Waals surface area contributed by atoms with E-state index in [0.717, 1.165) is 69.0 Å². The molecule has 1 unspecified atom stereocenters. The van der Waals surface area contributed by atoms with E-state index < -0.39 is 31.4 Å². The van der Waals surface area contributed by atoms with Crippen LogP contribution in [0, 0.1) is 22.0 Å². The molecule has 4 fully saturated rings. The second kappa shape index (κ2) is 17.2. The van der Waals surface area contributed by atoms with Crippen LogP contribution in [-0.4, -0.2) is 80.1 Å². The molecule has 0 bridgehead atoms. The molecule has 3 aromatic carbocycles. The Morgan fingerprint density at radius 3 is 2.57 bits per heavy atom. The topological polar surface area (TPSA) is 172 Å². The first-order valence-corrected chi connectivity index (χ1v) is 22.7. The van der Waals surface area contributed by atoms with Crippen molar-refractivity contribution in [1.82, 2.24) is 19.6 Å². The van der Waals surface area contributed by atoms with Crippen LogP contribution < -0.4 is 19.7 Å². The number of amides is 1. The number of ether oxygens (including phenoxy) is 2. The number of carbonyl (C=O) groups excluding carboxylic acids is 1. The van der Waals surface area contributed by atoms with Gasteiger partial charge in [0.15, 0.2) is 0 Å². The van der Waals surface area contributed by atoms with Crippen molar-refractivity contribution in [2.24, 2.45) is 11.8 Å². The Labute approximate surface area is 349 Å². The van der Waals surface area contributed by atoms with Crippen molar-refractivity contribution in [3.63, 3.8) is 0 Å². The predicted octanol–water partition coefficient (Wildman–Crippen LogP) is 8.15. The number of likely N-dealkylation sites (tertiary alicyclic amines) is 1. The SMILES string of the molecule is O=C(NS(=O)(=O)c1ccc(NCC2CCOCC2)c([N+](=O)[O-])c1)c1ccc(N2CCCC(CN3CCC[C@@H]3c3ccccc3C3CC3)C2)cc1Oc1cnc2[nH]ccc2c1. The Balaban J connectivity index is 0.942. The quantitative estimate of drug-likeness (QED) is 0.0728. The van der Waals surface area contributed by atoms with E-state index in [-0.39, 0.29) is 22.9 Å². The van der Waals surface area contributed by atoms with Crippen LogP contribution in [0.15, 0.2) is 90.1 Å². The van der Waals surface area contributed by atoms with Gasteiger partial charge in [-0.2, -0.15) is 0 Å². The molecule has 15 heteroatoms. The second-order valence-electron chi connectivity index (χ2n) is 16.7. The van der Waals surface area contributed by atoms with Gasteiger partial charge in [0.05, 0.1) is 21.6 Å². The third kappa shape index (κ3) is 8.84. The van der Waals surface area contributed by atoms with Gasteiger partial charge >= 0.3 is 0 Å². The number of aromatic nitrogens is 2. The average Bonchev–Trinajstić information content (AvgIpc) is 3.83. The zero-order chi connectivity index (χ0) is 41.2. The summed E-state index contributed by atoms with van der Waals surface area (Å²) in [5, 5.41) is 16.0. The lowest BCUT2D eigenvalue weighted by molar-refractivity contribution is -0.384. The number of piperidine rings is 1.